The molecule has 4 heteroatoms. The zero-order chi connectivity index (χ0) is 10.5. The Morgan fingerprint density at radius 2 is 2.06 bits per heavy atom. The van der Waals surface area contributed by atoms with Crippen LogP contribution in [-0.2, 0) is 23.2 Å². The van der Waals surface area contributed by atoms with Crippen LogP contribution >= 0.6 is 0 Å². The van der Waals surface area contributed by atoms with Crippen LogP contribution in [0.4, 0.5) is 0 Å². The first-order chi connectivity index (χ1) is 7.21. The molecular weight excluding hydrogens is 332 g/mol. The number of halogens is 2. The summed E-state index contributed by atoms with van der Waals surface area (Å²) >= 11 is -0.518. The van der Waals surface area contributed by atoms with Gasteiger partial charge in [0.15, 0.2) is 0 Å². The van der Waals surface area contributed by atoms with Gasteiger partial charge in [-0.2, -0.15) is 0 Å². The van der Waals surface area contributed by atoms with E-state index in [2.05, 4.69) is 43.3 Å². The number of allylic oxidation sites excluding steroid dienone is 4. The van der Waals surface area contributed by atoms with Crippen LogP contribution in [0.3, 0.4) is 0 Å². The molecule has 0 bridgehead atoms. The molecule has 1 aromatic heterocycles. The number of aromatic amines is 1. The molecule has 90 valence electrons. The van der Waals surface area contributed by atoms with Gasteiger partial charge in [0.05, 0.1) is 0 Å². The number of rotatable bonds is 2. The number of aromatic nitrogens is 1. The molecule has 0 radical (unpaired) electrons. The van der Waals surface area contributed by atoms with E-state index in [9.17, 15) is 0 Å². The molecule has 0 saturated heterocycles. The van der Waals surface area contributed by atoms with Gasteiger partial charge in [0, 0.05) is 0 Å². The average molecular weight is 347 g/mol. The van der Waals surface area contributed by atoms with Gasteiger partial charge in [0.1, 0.15) is 0 Å². The van der Waals surface area contributed by atoms with E-state index in [1.807, 2.05) is 0 Å². The zero-order valence-corrected chi connectivity index (χ0v) is 13.9. The van der Waals surface area contributed by atoms with Crippen molar-refractivity contribution < 1.29 is 48.0 Å². The number of aryl methyl sites for hydroxylation is 1. The molecule has 2 aliphatic carbocycles. The minimum Gasteiger partial charge on any atom is -1.00 e. The molecule has 1 N–H and O–H groups in total. The van der Waals surface area contributed by atoms with E-state index in [0.717, 1.165) is 0 Å². The first-order valence-electron chi connectivity index (χ1n) is 5.53. The van der Waals surface area contributed by atoms with Crippen LogP contribution in [0.1, 0.15) is 24.0 Å². The maximum Gasteiger partial charge on any atom is -1.00 e. The minimum absolute atomic E-state index is 0. The summed E-state index contributed by atoms with van der Waals surface area (Å²) in [6, 6.07) is 0. The normalized spacial score (nSPS) is 23.8. The van der Waals surface area contributed by atoms with Crippen LogP contribution < -0.4 is 28.2 Å². The molecule has 1 heterocycles. The molecule has 1 unspecified atom stereocenters. The molecule has 1 atom stereocenters. The second kappa shape index (κ2) is 5.47. The number of nitrogens with one attached hydrogen (secondary N) is 1. The van der Waals surface area contributed by atoms with Crippen LogP contribution in [0.5, 0.6) is 0 Å². The summed E-state index contributed by atoms with van der Waals surface area (Å²) in [5.41, 5.74) is 4.65. The van der Waals surface area contributed by atoms with Crippen molar-refractivity contribution in [3.05, 3.63) is 41.1 Å². The predicted octanol–water partition coefficient (Wildman–Crippen LogP) is -3.20. The summed E-state index contributed by atoms with van der Waals surface area (Å²) in [5, 5.41) is 0. The summed E-state index contributed by atoms with van der Waals surface area (Å²) in [7, 11) is 0. The van der Waals surface area contributed by atoms with Gasteiger partial charge in [-0.3, -0.25) is 0 Å². The second-order valence-corrected chi connectivity index (χ2v) is 8.66. The summed E-state index contributed by atoms with van der Waals surface area (Å²) < 4.78 is 2.15. The van der Waals surface area contributed by atoms with Gasteiger partial charge in [0.2, 0.25) is 0 Å². The van der Waals surface area contributed by atoms with E-state index in [1.54, 1.807) is 8.97 Å². The Bertz CT molecular complexity index is 476. The first kappa shape index (κ1) is 15.3. The van der Waals surface area contributed by atoms with Gasteiger partial charge in [0.25, 0.3) is 0 Å². The number of hydrogen-bond donors (Lipinski definition) is 1. The first-order valence-corrected chi connectivity index (χ1v) is 7.99. The summed E-state index contributed by atoms with van der Waals surface area (Å²) in [6.45, 7) is 4.47. The van der Waals surface area contributed by atoms with E-state index >= 15 is 0 Å². The third-order valence-corrected chi connectivity index (χ3v) is 8.59. The fourth-order valence-corrected chi connectivity index (χ4v) is 6.78. The maximum absolute atomic E-state index is 3.49. The number of fused-ring (bicyclic) bond motifs is 1. The molecule has 17 heavy (non-hydrogen) atoms. The Morgan fingerprint density at radius 1 is 1.29 bits per heavy atom. The van der Waals surface area contributed by atoms with Crippen LogP contribution in [0.25, 0.3) is 0 Å². The smallest absolute Gasteiger partial charge is 1.00 e. The minimum atomic E-state index is -0.518. The monoisotopic (exact) mass is 345 g/mol. The maximum atomic E-state index is 3.49. The molecule has 0 aromatic carbocycles. The van der Waals surface area contributed by atoms with Crippen LogP contribution in [0.15, 0.2) is 30.0 Å². The van der Waals surface area contributed by atoms with Gasteiger partial charge in [-0.1, -0.05) is 0 Å². The van der Waals surface area contributed by atoms with E-state index in [-0.39, 0.29) is 24.8 Å². The molecular formula is C13H15Cl2NZr. The third-order valence-electron chi connectivity index (χ3n) is 3.79. The SMILES string of the molecule is Cc1c[nH][c]([Zr+2][C]23C=CC=C2CC3)c1C.[Cl-].[Cl-]. The molecule has 1 nitrogen and oxygen atoms in total. The van der Waals surface area contributed by atoms with Gasteiger partial charge >= 0.3 is 103 Å². The van der Waals surface area contributed by atoms with Crippen molar-refractivity contribution >= 4 is 3.40 Å². The Hall–Kier alpha value is 0.223. The Morgan fingerprint density at radius 3 is 2.53 bits per heavy atom. The molecule has 1 aromatic rings. The standard InChI is InChI=1S/C7H7.C6H8N.2ClH.Zr/c1-2-6-4-5-7(6)3-1;1-5-3-7-4-6(5)2;;;/h1-3H,4-5H2;3,7H,1-2H3;2*1H;/q;;;;+2/p-2. The van der Waals surface area contributed by atoms with Gasteiger partial charge in [-0.15, -0.1) is 0 Å². The fourth-order valence-electron chi connectivity index (χ4n) is 2.42. The topological polar surface area (TPSA) is 15.8 Å². The molecule has 0 spiro atoms. The number of hydrogen-bond acceptors (Lipinski definition) is 0. The largest absolute Gasteiger partial charge is 1.00 e. The van der Waals surface area contributed by atoms with E-state index in [0.29, 0.717) is 3.12 Å². The van der Waals surface area contributed by atoms with Gasteiger partial charge in [-0.25, -0.2) is 0 Å². The van der Waals surface area contributed by atoms with Gasteiger partial charge in [-0.05, 0) is 0 Å². The Labute approximate surface area is 127 Å². The van der Waals surface area contributed by atoms with Crippen LogP contribution in [0, 0.1) is 13.8 Å². The molecule has 1 saturated carbocycles. The summed E-state index contributed by atoms with van der Waals surface area (Å²) in [6.07, 6.45) is 12.0. The fraction of sp³-hybridized carbons (Fsp3) is 0.385. The quantitative estimate of drug-likeness (QED) is 0.580. The van der Waals surface area contributed by atoms with E-state index in [1.165, 1.54) is 24.0 Å². The molecule has 2 aliphatic rings. The number of H-pyrrole nitrogens is 1. The Balaban J connectivity index is 0.000000722. The van der Waals surface area contributed by atoms with Crippen molar-refractivity contribution in [3.63, 3.8) is 0 Å². The van der Waals surface area contributed by atoms with Crippen molar-refractivity contribution in [2.24, 2.45) is 0 Å². The molecule has 0 amide bonds. The van der Waals surface area contributed by atoms with Crippen molar-refractivity contribution in [2.75, 3.05) is 0 Å². The predicted molar refractivity (Wildman–Crippen MR) is 59.1 cm³/mol. The second-order valence-electron chi connectivity index (χ2n) is 4.62. The van der Waals surface area contributed by atoms with Crippen molar-refractivity contribution in [1.29, 1.82) is 0 Å². The van der Waals surface area contributed by atoms with Crippen LogP contribution in [-0.4, -0.2) is 4.98 Å². The van der Waals surface area contributed by atoms with Crippen LogP contribution in [0.2, 0.25) is 3.12 Å². The zero-order valence-electron chi connectivity index (χ0n) is 9.98. The van der Waals surface area contributed by atoms with Gasteiger partial charge < -0.3 is 24.8 Å². The van der Waals surface area contributed by atoms with Crippen molar-refractivity contribution in [2.45, 2.75) is 29.8 Å². The summed E-state index contributed by atoms with van der Waals surface area (Å²) in [4.78, 5) is 3.49. The van der Waals surface area contributed by atoms with Crippen molar-refractivity contribution in [1.82, 2.24) is 4.98 Å². The molecule has 1 fully saturated rings. The average Bonchev–Trinajstić information content (AvgIpc) is 2.65. The molecule has 0 aliphatic heterocycles. The molecule has 3 rings (SSSR count). The van der Waals surface area contributed by atoms with Crippen molar-refractivity contribution in [3.8, 4) is 0 Å². The Kier molecular flexibility index (Phi) is 4.91. The summed E-state index contributed by atoms with van der Waals surface area (Å²) in [5.74, 6) is 0. The third kappa shape index (κ3) is 2.37. The van der Waals surface area contributed by atoms with E-state index in [4.69, 9.17) is 0 Å². The van der Waals surface area contributed by atoms with E-state index < -0.39 is 23.2 Å².